The first kappa shape index (κ1) is 21.1. The van der Waals surface area contributed by atoms with Gasteiger partial charge in [-0.15, -0.1) is 0 Å². The van der Waals surface area contributed by atoms with Crippen LogP contribution in [-0.4, -0.2) is 54.0 Å². The largest absolute Gasteiger partial charge is 0.508 e. The number of carbonyl (C=O) groups is 1. The fourth-order valence-electron chi connectivity index (χ4n) is 3.21. The highest BCUT2D eigenvalue weighted by Gasteiger charge is 2.31. The number of methoxy groups -OCH3 is 1. The van der Waals surface area contributed by atoms with Crippen molar-refractivity contribution in [3.63, 3.8) is 0 Å². The Morgan fingerprint density at radius 3 is 2.70 bits per heavy atom. The average Bonchev–Trinajstić information content (AvgIpc) is 2.74. The smallest absolute Gasteiger partial charge is 0.495 e. The minimum absolute atomic E-state index is 0.0689. The Morgan fingerprint density at radius 1 is 1.30 bits per heavy atom. The van der Waals surface area contributed by atoms with Crippen LogP contribution in [0.15, 0.2) is 30.6 Å². The van der Waals surface area contributed by atoms with Crippen LogP contribution in [0.2, 0.25) is 0 Å². The highest BCUT2D eigenvalue weighted by Crippen LogP contribution is 2.36. The van der Waals surface area contributed by atoms with Gasteiger partial charge >= 0.3 is 11.8 Å². The standard InChI is InChI=1S/C19H23N5O6/c1-3-29-19(25)30-13-8-10-23(11-9-13)18-16(24(26)27)17(20-12-21-18)22-14-6-4-5-7-15(14)28-2/h4-7,12-13H,3,8-11H2,1-2H3,(H,20,21,22). The van der Waals surface area contributed by atoms with E-state index in [2.05, 4.69) is 15.3 Å². The molecular formula is C19H23N5O6. The molecule has 1 aliphatic rings. The summed E-state index contributed by atoms with van der Waals surface area (Å²) in [6, 6.07) is 7.06. The third-order valence-corrected chi connectivity index (χ3v) is 4.61. The van der Waals surface area contributed by atoms with Gasteiger partial charge in [0.2, 0.25) is 11.6 Å². The number of nitro groups is 1. The fraction of sp³-hybridized carbons (Fsp3) is 0.421. The molecule has 1 fully saturated rings. The lowest BCUT2D eigenvalue weighted by molar-refractivity contribution is -0.383. The van der Waals surface area contributed by atoms with Crippen molar-refractivity contribution in [2.45, 2.75) is 25.9 Å². The Hall–Kier alpha value is -3.63. The molecule has 0 radical (unpaired) electrons. The van der Waals surface area contributed by atoms with Crippen molar-refractivity contribution in [3.05, 3.63) is 40.7 Å². The van der Waals surface area contributed by atoms with Gasteiger partial charge in [-0.2, -0.15) is 0 Å². The van der Waals surface area contributed by atoms with E-state index in [1.807, 2.05) is 0 Å². The van der Waals surface area contributed by atoms with Crippen LogP contribution in [0.5, 0.6) is 5.75 Å². The maximum atomic E-state index is 11.9. The predicted octanol–water partition coefficient (Wildman–Crippen LogP) is 3.28. The van der Waals surface area contributed by atoms with E-state index in [-0.39, 0.29) is 30.0 Å². The van der Waals surface area contributed by atoms with E-state index in [1.54, 1.807) is 36.1 Å². The Labute approximate surface area is 173 Å². The molecule has 0 saturated carbocycles. The summed E-state index contributed by atoms with van der Waals surface area (Å²) in [4.78, 5) is 32.9. The number of para-hydroxylation sites is 2. The molecule has 1 aromatic heterocycles. The van der Waals surface area contributed by atoms with Crippen molar-refractivity contribution in [2.24, 2.45) is 0 Å². The number of benzene rings is 1. The summed E-state index contributed by atoms with van der Waals surface area (Å²) in [5.74, 6) is 0.810. The third-order valence-electron chi connectivity index (χ3n) is 4.61. The predicted molar refractivity (Wildman–Crippen MR) is 108 cm³/mol. The third kappa shape index (κ3) is 4.85. The molecule has 0 bridgehead atoms. The van der Waals surface area contributed by atoms with Gasteiger partial charge in [0.15, 0.2) is 0 Å². The van der Waals surface area contributed by atoms with E-state index in [9.17, 15) is 14.9 Å². The molecular weight excluding hydrogens is 394 g/mol. The summed E-state index contributed by atoms with van der Waals surface area (Å²) in [6.45, 7) is 2.83. The molecule has 3 rings (SSSR count). The number of nitrogens with zero attached hydrogens (tertiary/aromatic N) is 4. The van der Waals surface area contributed by atoms with Crippen molar-refractivity contribution in [1.29, 1.82) is 0 Å². The zero-order chi connectivity index (χ0) is 21.5. The van der Waals surface area contributed by atoms with Gasteiger partial charge in [-0.1, -0.05) is 12.1 Å². The van der Waals surface area contributed by atoms with Gasteiger partial charge in [0, 0.05) is 25.9 Å². The van der Waals surface area contributed by atoms with Crippen LogP contribution in [0.3, 0.4) is 0 Å². The SMILES string of the molecule is CCOC(=O)OC1CCN(c2ncnc(Nc3ccccc3OC)c2[N+](=O)[O-])CC1. The summed E-state index contributed by atoms with van der Waals surface area (Å²) in [7, 11) is 1.52. The molecule has 11 heteroatoms. The van der Waals surface area contributed by atoms with Crippen LogP contribution in [-0.2, 0) is 9.47 Å². The fourth-order valence-corrected chi connectivity index (χ4v) is 3.21. The Balaban J connectivity index is 1.79. The number of carbonyl (C=O) groups excluding carboxylic acids is 1. The quantitative estimate of drug-likeness (QED) is 0.407. The van der Waals surface area contributed by atoms with E-state index >= 15 is 0 Å². The Bertz CT molecular complexity index is 901. The first-order valence-corrected chi connectivity index (χ1v) is 9.51. The number of piperidine rings is 1. The number of hydrogen-bond donors (Lipinski definition) is 1. The molecule has 0 unspecified atom stereocenters. The summed E-state index contributed by atoms with van der Waals surface area (Å²) < 4.78 is 15.3. The van der Waals surface area contributed by atoms with Gasteiger partial charge in [-0.05, 0) is 19.1 Å². The monoisotopic (exact) mass is 417 g/mol. The lowest BCUT2D eigenvalue weighted by atomic mass is 10.1. The second kappa shape index (κ2) is 9.72. The molecule has 160 valence electrons. The van der Waals surface area contributed by atoms with Gasteiger partial charge in [-0.25, -0.2) is 14.8 Å². The molecule has 11 nitrogen and oxygen atoms in total. The number of hydrogen-bond acceptors (Lipinski definition) is 10. The Morgan fingerprint density at radius 2 is 2.03 bits per heavy atom. The van der Waals surface area contributed by atoms with E-state index in [1.165, 1.54) is 13.4 Å². The van der Waals surface area contributed by atoms with Crippen molar-refractivity contribution < 1.29 is 23.9 Å². The normalized spacial score (nSPS) is 14.1. The molecule has 0 spiro atoms. The number of anilines is 3. The molecule has 0 aliphatic carbocycles. The number of aromatic nitrogens is 2. The van der Waals surface area contributed by atoms with Crippen LogP contribution >= 0.6 is 0 Å². The minimum Gasteiger partial charge on any atom is -0.495 e. The van der Waals surface area contributed by atoms with Crippen molar-refractivity contribution in [1.82, 2.24) is 9.97 Å². The first-order valence-electron chi connectivity index (χ1n) is 9.51. The molecule has 30 heavy (non-hydrogen) atoms. The second-order valence-corrected chi connectivity index (χ2v) is 6.46. The molecule has 1 N–H and O–H groups in total. The van der Waals surface area contributed by atoms with Gasteiger partial charge in [-0.3, -0.25) is 10.1 Å². The maximum absolute atomic E-state index is 11.9. The molecule has 1 aromatic carbocycles. The van der Waals surface area contributed by atoms with Gasteiger partial charge in [0.25, 0.3) is 0 Å². The highest BCUT2D eigenvalue weighted by atomic mass is 16.7. The van der Waals surface area contributed by atoms with Crippen LogP contribution in [0.4, 0.5) is 27.8 Å². The molecule has 1 aliphatic heterocycles. The van der Waals surface area contributed by atoms with Gasteiger partial charge < -0.3 is 24.4 Å². The lowest BCUT2D eigenvalue weighted by Crippen LogP contribution is -2.38. The van der Waals surface area contributed by atoms with Gasteiger partial charge in [0.1, 0.15) is 18.2 Å². The average molecular weight is 417 g/mol. The molecule has 1 saturated heterocycles. The summed E-state index contributed by atoms with van der Waals surface area (Å²) >= 11 is 0. The van der Waals surface area contributed by atoms with E-state index < -0.39 is 11.1 Å². The molecule has 0 amide bonds. The van der Waals surface area contributed by atoms with E-state index in [0.29, 0.717) is 37.4 Å². The molecule has 2 heterocycles. The minimum atomic E-state index is -0.702. The van der Waals surface area contributed by atoms with Crippen molar-refractivity contribution >= 4 is 29.2 Å². The van der Waals surface area contributed by atoms with Crippen LogP contribution < -0.4 is 15.0 Å². The summed E-state index contributed by atoms with van der Waals surface area (Å²) in [5.41, 5.74) is 0.322. The van der Waals surface area contributed by atoms with Crippen molar-refractivity contribution in [3.8, 4) is 5.75 Å². The van der Waals surface area contributed by atoms with Crippen LogP contribution in [0, 0.1) is 10.1 Å². The van der Waals surface area contributed by atoms with Gasteiger partial charge in [0.05, 0.1) is 24.3 Å². The maximum Gasteiger partial charge on any atom is 0.508 e. The topological polar surface area (TPSA) is 129 Å². The number of ether oxygens (including phenoxy) is 3. The van der Waals surface area contributed by atoms with E-state index in [0.717, 1.165) is 0 Å². The van der Waals surface area contributed by atoms with E-state index in [4.69, 9.17) is 14.2 Å². The number of nitrogens with one attached hydrogen (secondary N) is 1. The Kier molecular flexibility index (Phi) is 6.83. The number of rotatable bonds is 7. The molecule has 2 aromatic rings. The van der Waals surface area contributed by atoms with Crippen LogP contribution in [0.1, 0.15) is 19.8 Å². The second-order valence-electron chi connectivity index (χ2n) is 6.46. The first-order chi connectivity index (χ1) is 14.5. The lowest BCUT2D eigenvalue weighted by Gasteiger charge is -2.31. The van der Waals surface area contributed by atoms with Crippen LogP contribution in [0.25, 0.3) is 0 Å². The zero-order valence-corrected chi connectivity index (χ0v) is 16.7. The summed E-state index contributed by atoms with van der Waals surface area (Å²) in [6.07, 6.45) is 1.30. The zero-order valence-electron chi connectivity index (χ0n) is 16.7. The highest BCUT2D eigenvalue weighted by molar-refractivity contribution is 5.76. The summed E-state index contributed by atoms with van der Waals surface area (Å²) in [5, 5.41) is 14.8. The molecule has 0 atom stereocenters. The van der Waals surface area contributed by atoms with Crippen molar-refractivity contribution in [2.75, 3.05) is 37.0 Å².